The van der Waals surface area contributed by atoms with E-state index in [-0.39, 0.29) is 6.61 Å². The van der Waals surface area contributed by atoms with E-state index in [1.54, 1.807) is 21.0 Å². The van der Waals surface area contributed by atoms with Crippen LogP contribution in [0.25, 0.3) is 0 Å². The van der Waals surface area contributed by atoms with Crippen molar-refractivity contribution in [2.45, 2.75) is 26.3 Å². The first-order valence-corrected chi connectivity index (χ1v) is 13.7. The minimum Gasteiger partial charge on any atom is -0.496 e. The molecule has 1 saturated heterocycles. The number of aromatic nitrogens is 2. The van der Waals surface area contributed by atoms with E-state index < -0.39 is 11.9 Å². The van der Waals surface area contributed by atoms with Gasteiger partial charge in [-0.3, -0.25) is 4.90 Å². The lowest BCUT2D eigenvalue weighted by Gasteiger charge is -2.38. The third-order valence-electron chi connectivity index (χ3n) is 7.35. The van der Waals surface area contributed by atoms with Crippen molar-refractivity contribution in [1.82, 2.24) is 14.9 Å². The Morgan fingerprint density at radius 2 is 1.73 bits per heavy atom. The molecule has 2 aliphatic heterocycles. The fourth-order valence-corrected chi connectivity index (χ4v) is 5.39. The van der Waals surface area contributed by atoms with Crippen LogP contribution in [-0.2, 0) is 16.1 Å². The van der Waals surface area contributed by atoms with Gasteiger partial charge in [-0.2, -0.15) is 9.97 Å². The van der Waals surface area contributed by atoms with Crippen LogP contribution in [-0.4, -0.2) is 74.8 Å². The third kappa shape index (κ3) is 5.47. The quantitative estimate of drug-likeness (QED) is 0.388. The van der Waals surface area contributed by atoms with Gasteiger partial charge in [0.2, 0.25) is 11.8 Å². The Kier molecular flexibility index (Phi) is 8.21. The number of hydrogen-bond acceptors (Lipinski definition) is 9. The molecule has 3 aromatic rings. The number of allylic oxidation sites excluding steroid dienone is 1. The Balaban J connectivity index is 1.59. The number of fused-ring (bicyclic) bond motifs is 1. The highest BCUT2D eigenvalue weighted by Gasteiger charge is 2.41. The molecule has 1 fully saturated rings. The molecule has 3 heterocycles. The fourth-order valence-electron chi connectivity index (χ4n) is 5.39. The van der Waals surface area contributed by atoms with Crippen molar-refractivity contribution < 1.29 is 19.0 Å². The summed E-state index contributed by atoms with van der Waals surface area (Å²) in [6, 6.07) is 18.3. The average Bonchev–Trinajstić information content (AvgIpc) is 2.96. The number of carbonyl (C=O) groups excluding carboxylic acids is 1. The standard InChI is InChI=1S/C31H37N5O4/c1-6-39-30(37)25-21(2)40-29-27(26(25)23-14-10-11-15-24(23)38-5)28(32-31(33-29)34(3)4)36-18-16-35(17-19-36)20-22-12-8-7-9-13-22/h7-15,26H,6,16-20H2,1-5H3. The summed E-state index contributed by atoms with van der Waals surface area (Å²) in [4.78, 5) is 29.8. The van der Waals surface area contributed by atoms with Crippen LogP contribution in [0, 0.1) is 0 Å². The van der Waals surface area contributed by atoms with Crippen molar-refractivity contribution in [3.63, 3.8) is 0 Å². The molecule has 210 valence electrons. The van der Waals surface area contributed by atoms with Gasteiger partial charge in [0.05, 0.1) is 30.8 Å². The lowest BCUT2D eigenvalue weighted by atomic mass is 9.82. The van der Waals surface area contributed by atoms with Gasteiger partial charge in [-0.05, 0) is 25.5 Å². The number of anilines is 2. The van der Waals surface area contributed by atoms with Crippen LogP contribution in [0.15, 0.2) is 65.9 Å². The van der Waals surface area contributed by atoms with Crippen molar-refractivity contribution in [2.75, 3.05) is 63.8 Å². The number of ether oxygens (including phenoxy) is 3. The second kappa shape index (κ2) is 12.0. The minimum absolute atomic E-state index is 0.257. The zero-order valence-corrected chi connectivity index (χ0v) is 23.9. The predicted molar refractivity (Wildman–Crippen MR) is 155 cm³/mol. The zero-order chi connectivity index (χ0) is 28.2. The maximum atomic E-state index is 13.4. The van der Waals surface area contributed by atoms with E-state index in [2.05, 4.69) is 34.1 Å². The summed E-state index contributed by atoms with van der Waals surface area (Å²) in [5.41, 5.74) is 3.32. The molecule has 1 unspecified atom stereocenters. The highest BCUT2D eigenvalue weighted by molar-refractivity contribution is 5.93. The summed E-state index contributed by atoms with van der Waals surface area (Å²) in [5, 5.41) is 0. The summed E-state index contributed by atoms with van der Waals surface area (Å²) >= 11 is 0. The SMILES string of the molecule is CCOC(=O)C1=C(C)Oc2nc(N(C)C)nc(N3CCN(Cc4ccccc4)CC3)c2C1c1ccccc1OC. The maximum Gasteiger partial charge on any atom is 0.338 e. The van der Waals surface area contributed by atoms with E-state index >= 15 is 0 Å². The van der Waals surface area contributed by atoms with E-state index in [0.717, 1.165) is 49.7 Å². The van der Waals surface area contributed by atoms with Crippen LogP contribution in [0.5, 0.6) is 11.6 Å². The lowest BCUT2D eigenvalue weighted by molar-refractivity contribution is -0.139. The molecular weight excluding hydrogens is 506 g/mol. The highest BCUT2D eigenvalue weighted by atomic mass is 16.5. The largest absolute Gasteiger partial charge is 0.496 e. The van der Waals surface area contributed by atoms with Crippen LogP contribution in [0.4, 0.5) is 11.8 Å². The topological polar surface area (TPSA) is 80.3 Å². The van der Waals surface area contributed by atoms with Gasteiger partial charge in [-0.15, -0.1) is 0 Å². The normalized spacial score (nSPS) is 17.2. The first kappa shape index (κ1) is 27.5. The van der Waals surface area contributed by atoms with E-state index in [9.17, 15) is 4.79 Å². The number of methoxy groups -OCH3 is 1. The second-order valence-electron chi connectivity index (χ2n) is 10.2. The first-order valence-electron chi connectivity index (χ1n) is 13.7. The molecule has 5 rings (SSSR count). The summed E-state index contributed by atoms with van der Waals surface area (Å²) in [6.07, 6.45) is 0. The molecule has 2 aliphatic rings. The Hall–Kier alpha value is -4.11. The maximum absolute atomic E-state index is 13.4. The molecule has 1 aromatic heterocycles. The molecular formula is C31H37N5O4. The van der Waals surface area contributed by atoms with Crippen LogP contribution in [0.1, 0.15) is 36.5 Å². The van der Waals surface area contributed by atoms with Gasteiger partial charge < -0.3 is 24.0 Å². The predicted octanol–water partition coefficient (Wildman–Crippen LogP) is 4.23. The van der Waals surface area contributed by atoms with E-state index in [0.29, 0.717) is 28.9 Å². The number of para-hydroxylation sites is 1. The van der Waals surface area contributed by atoms with E-state index in [1.165, 1.54) is 5.56 Å². The van der Waals surface area contributed by atoms with Crippen molar-refractivity contribution >= 4 is 17.7 Å². The number of carbonyl (C=O) groups is 1. The third-order valence-corrected chi connectivity index (χ3v) is 7.35. The van der Waals surface area contributed by atoms with Crippen LogP contribution in [0.2, 0.25) is 0 Å². The van der Waals surface area contributed by atoms with Gasteiger partial charge in [0.15, 0.2) is 0 Å². The van der Waals surface area contributed by atoms with Gasteiger partial charge in [0, 0.05) is 52.4 Å². The van der Waals surface area contributed by atoms with Crippen molar-refractivity contribution in [2.24, 2.45) is 0 Å². The molecule has 9 nitrogen and oxygen atoms in total. The van der Waals surface area contributed by atoms with Gasteiger partial charge in [-0.1, -0.05) is 48.5 Å². The molecule has 2 aromatic carbocycles. The van der Waals surface area contributed by atoms with E-state index in [4.69, 9.17) is 24.2 Å². The Morgan fingerprint density at radius 3 is 2.40 bits per heavy atom. The van der Waals surface area contributed by atoms with Crippen LogP contribution >= 0.6 is 0 Å². The average molecular weight is 544 g/mol. The lowest BCUT2D eigenvalue weighted by Crippen LogP contribution is -2.47. The molecule has 1 atom stereocenters. The molecule has 40 heavy (non-hydrogen) atoms. The number of hydrogen-bond donors (Lipinski definition) is 0. The van der Waals surface area contributed by atoms with Crippen molar-refractivity contribution in [3.8, 4) is 11.6 Å². The molecule has 9 heteroatoms. The molecule has 0 N–H and O–H groups in total. The Labute approximate surface area is 236 Å². The molecule has 0 spiro atoms. The highest BCUT2D eigenvalue weighted by Crippen LogP contribution is 2.49. The summed E-state index contributed by atoms with van der Waals surface area (Å²) < 4.78 is 17.6. The summed E-state index contributed by atoms with van der Waals surface area (Å²) in [6.45, 7) is 8.07. The summed E-state index contributed by atoms with van der Waals surface area (Å²) in [5.74, 6) is 1.95. The number of esters is 1. The van der Waals surface area contributed by atoms with Crippen molar-refractivity contribution in [1.29, 1.82) is 0 Å². The van der Waals surface area contributed by atoms with E-state index in [1.807, 2.05) is 49.3 Å². The second-order valence-corrected chi connectivity index (χ2v) is 10.2. The molecule has 0 bridgehead atoms. The van der Waals surface area contributed by atoms with Crippen molar-refractivity contribution in [3.05, 3.63) is 82.6 Å². The summed E-state index contributed by atoms with van der Waals surface area (Å²) in [7, 11) is 5.46. The smallest absolute Gasteiger partial charge is 0.338 e. The fraction of sp³-hybridized carbons (Fsp3) is 0.387. The molecule has 0 amide bonds. The van der Waals surface area contributed by atoms with Gasteiger partial charge in [-0.25, -0.2) is 4.79 Å². The number of rotatable bonds is 8. The Bertz CT molecular complexity index is 1380. The molecule has 0 radical (unpaired) electrons. The van der Waals surface area contributed by atoms with Gasteiger partial charge in [0.1, 0.15) is 17.3 Å². The number of nitrogens with zero attached hydrogens (tertiary/aromatic N) is 5. The first-order chi connectivity index (χ1) is 19.4. The monoisotopic (exact) mass is 543 g/mol. The molecule has 0 saturated carbocycles. The number of piperazine rings is 1. The van der Waals surface area contributed by atoms with Gasteiger partial charge >= 0.3 is 5.97 Å². The Morgan fingerprint density at radius 1 is 1.02 bits per heavy atom. The zero-order valence-electron chi connectivity index (χ0n) is 23.9. The van der Waals surface area contributed by atoms with Crippen LogP contribution in [0.3, 0.4) is 0 Å². The minimum atomic E-state index is -0.521. The van der Waals surface area contributed by atoms with Gasteiger partial charge in [0.25, 0.3) is 0 Å². The van der Waals surface area contributed by atoms with Crippen LogP contribution < -0.4 is 19.3 Å². The molecule has 0 aliphatic carbocycles. The number of benzene rings is 2.